The molecule has 4 rings (SSSR count). The maximum atomic E-state index is 12.5. The van der Waals surface area contributed by atoms with Gasteiger partial charge < -0.3 is 9.64 Å². The first kappa shape index (κ1) is 23.0. The normalized spacial score (nSPS) is 38.1. The minimum Gasteiger partial charge on any atom is -0.462 e. The maximum absolute atomic E-state index is 12.5. The van der Waals surface area contributed by atoms with Crippen molar-refractivity contribution in [3.8, 4) is 0 Å². The summed E-state index contributed by atoms with van der Waals surface area (Å²) in [4.78, 5) is 37.9. The van der Waals surface area contributed by atoms with Gasteiger partial charge in [-0.3, -0.25) is 14.4 Å². The van der Waals surface area contributed by atoms with Gasteiger partial charge in [0, 0.05) is 43.5 Å². The van der Waals surface area contributed by atoms with E-state index in [1.165, 1.54) is 12.5 Å². The van der Waals surface area contributed by atoms with E-state index in [2.05, 4.69) is 26.5 Å². The van der Waals surface area contributed by atoms with E-state index in [1.54, 1.807) is 17.9 Å². The summed E-state index contributed by atoms with van der Waals surface area (Å²) < 4.78 is 5.55. The summed E-state index contributed by atoms with van der Waals surface area (Å²) in [7, 11) is 0. The Kier molecular flexibility index (Phi) is 5.98. The van der Waals surface area contributed by atoms with Crippen molar-refractivity contribution < 1.29 is 19.1 Å². The van der Waals surface area contributed by atoms with Gasteiger partial charge in [-0.15, -0.1) is 6.58 Å². The number of rotatable bonds is 5. The van der Waals surface area contributed by atoms with Crippen LogP contribution in [0.2, 0.25) is 0 Å². The standard InChI is InChI=1S/C27H37NO4/c1-6-13-28(17(2)30)25-19(16-29)14-24-22-8-7-20-15-21(32-18(3)31)9-11-26(20,4)23(22)10-12-27(24,25)5/h6-7,16,21-24H,1,8-15H2,2-5H3/t21-,22+,23-,24-,26-,27-/m0/s1. The van der Waals surface area contributed by atoms with Crippen LogP contribution in [0.5, 0.6) is 0 Å². The number of allylic oxidation sites excluding steroid dienone is 3. The van der Waals surface area contributed by atoms with E-state index in [0.29, 0.717) is 24.3 Å². The molecule has 0 heterocycles. The summed E-state index contributed by atoms with van der Waals surface area (Å²) in [5.74, 6) is 1.21. The Bertz CT molecular complexity index is 901. The Balaban J connectivity index is 1.65. The molecule has 0 aliphatic heterocycles. The largest absolute Gasteiger partial charge is 0.462 e. The lowest BCUT2D eigenvalue weighted by molar-refractivity contribution is -0.148. The van der Waals surface area contributed by atoms with Crippen LogP contribution in [0.4, 0.5) is 0 Å². The predicted octanol–water partition coefficient (Wildman–Crippen LogP) is 4.98. The molecule has 0 radical (unpaired) electrons. The van der Waals surface area contributed by atoms with E-state index in [0.717, 1.165) is 62.5 Å². The second-order valence-corrected chi connectivity index (χ2v) is 10.8. The molecule has 2 saturated carbocycles. The zero-order valence-electron chi connectivity index (χ0n) is 20.0. The number of amides is 1. The first-order chi connectivity index (χ1) is 15.2. The van der Waals surface area contributed by atoms with Gasteiger partial charge in [0.1, 0.15) is 12.4 Å². The first-order valence-electron chi connectivity index (χ1n) is 12.1. The maximum Gasteiger partial charge on any atom is 0.302 e. The summed E-state index contributed by atoms with van der Waals surface area (Å²) in [6.07, 6.45) is 11.8. The molecule has 0 aromatic carbocycles. The Morgan fingerprint density at radius 3 is 2.50 bits per heavy atom. The molecule has 4 aliphatic carbocycles. The third kappa shape index (κ3) is 3.48. The highest BCUT2D eigenvalue weighted by Crippen LogP contribution is 2.66. The van der Waals surface area contributed by atoms with Crippen molar-refractivity contribution in [1.29, 1.82) is 0 Å². The second kappa shape index (κ2) is 8.31. The average Bonchev–Trinajstić information content (AvgIpc) is 3.04. The molecule has 0 N–H and O–H groups in total. The number of aldehydes is 1. The molecular weight excluding hydrogens is 402 g/mol. The van der Waals surface area contributed by atoms with Gasteiger partial charge in [0.25, 0.3) is 0 Å². The quantitative estimate of drug-likeness (QED) is 0.344. The van der Waals surface area contributed by atoms with E-state index >= 15 is 0 Å². The Morgan fingerprint density at radius 1 is 1.16 bits per heavy atom. The fraction of sp³-hybridized carbons (Fsp3) is 0.667. The molecule has 174 valence electrons. The van der Waals surface area contributed by atoms with Crippen molar-refractivity contribution in [3.05, 3.63) is 35.6 Å². The molecule has 1 amide bonds. The van der Waals surface area contributed by atoms with Crippen LogP contribution in [-0.2, 0) is 19.1 Å². The number of hydrogen-bond acceptors (Lipinski definition) is 4. The molecule has 5 heteroatoms. The van der Waals surface area contributed by atoms with Crippen LogP contribution in [0, 0.1) is 28.6 Å². The zero-order chi connectivity index (χ0) is 23.3. The van der Waals surface area contributed by atoms with Gasteiger partial charge in [-0.05, 0) is 61.7 Å². The van der Waals surface area contributed by atoms with Crippen molar-refractivity contribution in [2.45, 2.75) is 78.7 Å². The highest BCUT2D eigenvalue weighted by atomic mass is 16.5. The molecule has 5 nitrogen and oxygen atoms in total. The zero-order valence-corrected chi connectivity index (χ0v) is 20.0. The van der Waals surface area contributed by atoms with Gasteiger partial charge >= 0.3 is 5.97 Å². The molecule has 0 saturated heterocycles. The molecule has 0 aromatic heterocycles. The topological polar surface area (TPSA) is 63.7 Å². The van der Waals surface area contributed by atoms with Crippen molar-refractivity contribution >= 4 is 18.2 Å². The summed E-state index contributed by atoms with van der Waals surface area (Å²) in [5, 5.41) is 0. The summed E-state index contributed by atoms with van der Waals surface area (Å²) >= 11 is 0. The second-order valence-electron chi connectivity index (χ2n) is 10.8. The van der Waals surface area contributed by atoms with Crippen LogP contribution in [0.25, 0.3) is 0 Å². The number of nitrogens with zero attached hydrogens (tertiary/aromatic N) is 1. The monoisotopic (exact) mass is 439 g/mol. The smallest absolute Gasteiger partial charge is 0.302 e. The van der Waals surface area contributed by atoms with Crippen molar-refractivity contribution in [2.24, 2.45) is 28.6 Å². The van der Waals surface area contributed by atoms with Crippen molar-refractivity contribution in [3.63, 3.8) is 0 Å². The first-order valence-corrected chi connectivity index (χ1v) is 12.1. The van der Waals surface area contributed by atoms with E-state index in [1.807, 2.05) is 0 Å². The van der Waals surface area contributed by atoms with Gasteiger partial charge in [-0.1, -0.05) is 31.6 Å². The number of carbonyl (C=O) groups excluding carboxylic acids is 3. The lowest BCUT2D eigenvalue weighted by atomic mass is 9.47. The summed E-state index contributed by atoms with van der Waals surface area (Å²) in [5.41, 5.74) is 3.17. The molecule has 32 heavy (non-hydrogen) atoms. The lowest BCUT2D eigenvalue weighted by Gasteiger charge is -2.58. The van der Waals surface area contributed by atoms with Gasteiger partial charge in [0.2, 0.25) is 5.91 Å². The number of carbonyl (C=O) groups is 3. The van der Waals surface area contributed by atoms with E-state index in [4.69, 9.17) is 4.74 Å². The number of ether oxygens (including phenoxy) is 1. The molecule has 0 bridgehead atoms. The average molecular weight is 440 g/mol. The van der Waals surface area contributed by atoms with E-state index < -0.39 is 0 Å². The molecule has 0 unspecified atom stereocenters. The number of hydrogen-bond donors (Lipinski definition) is 0. The predicted molar refractivity (Wildman–Crippen MR) is 123 cm³/mol. The van der Waals surface area contributed by atoms with Crippen LogP contribution < -0.4 is 0 Å². The third-order valence-electron chi connectivity index (χ3n) is 9.17. The highest BCUT2D eigenvalue weighted by Gasteiger charge is 2.59. The molecule has 6 atom stereocenters. The fourth-order valence-electron chi connectivity index (χ4n) is 7.75. The van der Waals surface area contributed by atoms with Gasteiger partial charge in [0.05, 0.1) is 0 Å². The SMILES string of the molecule is C=CCN(C(C)=O)C1=C(C=O)C[C@H]2[C@@H]3CC=C4C[C@@H](OC(C)=O)CC[C@]4(C)[C@H]3CC[C@]12C. The van der Waals surface area contributed by atoms with Crippen LogP contribution in [0.3, 0.4) is 0 Å². The minimum atomic E-state index is -0.193. The van der Waals surface area contributed by atoms with Gasteiger partial charge in [-0.2, -0.15) is 0 Å². The third-order valence-corrected chi connectivity index (χ3v) is 9.17. The molecule has 4 aliphatic rings. The Labute approximate surface area is 191 Å². The minimum absolute atomic E-state index is 0.00155. The fourth-order valence-corrected chi connectivity index (χ4v) is 7.75. The van der Waals surface area contributed by atoms with Crippen molar-refractivity contribution in [2.75, 3.05) is 6.54 Å². The van der Waals surface area contributed by atoms with Gasteiger partial charge in [0.15, 0.2) is 0 Å². The Morgan fingerprint density at radius 2 is 1.88 bits per heavy atom. The van der Waals surface area contributed by atoms with E-state index in [-0.39, 0.29) is 28.8 Å². The van der Waals surface area contributed by atoms with Crippen LogP contribution in [0.1, 0.15) is 72.6 Å². The molecule has 0 aromatic rings. The summed E-state index contributed by atoms with van der Waals surface area (Å²) in [6, 6.07) is 0. The van der Waals surface area contributed by atoms with E-state index in [9.17, 15) is 14.4 Å². The highest BCUT2D eigenvalue weighted by molar-refractivity contribution is 5.82. The van der Waals surface area contributed by atoms with Crippen LogP contribution in [-0.4, -0.2) is 35.7 Å². The molecular formula is C27H37NO4. The van der Waals surface area contributed by atoms with Crippen molar-refractivity contribution in [1.82, 2.24) is 4.90 Å². The van der Waals surface area contributed by atoms with Crippen LogP contribution >= 0.6 is 0 Å². The number of fused-ring (bicyclic) bond motifs is 5. The Hall–Kier alpha value is -2.17. The lowest BCUT2D eigenvalue weighted by Crippen LogP contribution is -2.51. The molecule has 0 spiro atoms. The van der Waals surface area contributed by atoms with Gasteiger partial charge in [-0.25, -0.2) is 0 Å². The van der Waals surface area contributed by atoms with Crippen LogP contribution in [0.15, 0.2) is 35.6 Å². The number of esters is 1. The molecule has 2 fully saturated rings. The summed E-state index contributed by atoms with van der Waals surface area (Å²) in [6.45, 7) is 12.0.